The molecule has 0 aliphatic carbocycles. The molecular weight excluding hydrogens is 342 g/mol. The van der Waals surface area contributed by atoms with Crippen LogP contribution in [0.25, 0.3) is 0 Å². The average Bonchev–Trinajstić information content (AvgIpc) is 2.61. The number of halogens is 1. The van der Waals surface area contributed by atoms with E-state index in [2.05, 4.69) is 0 Å². The number of ether oxygens (including phenoxy) is 1. The molecule has 0 aliphatic heterocycles. The summed E-state index contributed by atoms with van der Waals surface area (Å²) in [5, 5.41) is 0.732. The molecule has 0 aliphatic rings. The molecule has 3 nitrogen and oxygen atoms in total. The summed E-state index contributed by atoms with van der Waals surface area (Å²) in [5.41, 5.74) is 1.13. The van der Waals surface area contributed by atoms with Crippen LogP contribution in [0.4, 0.5) is 0 Å². The number of rotatable bonds is 9. The van der Waals surface area contributed by atoms with Gasteiger partial charge in [-0.15, -0.1) is 11.8 Å². The Hall–Kier alpha value is -1.49. The third-order valence-corrected chi connectivity index (χ3v) is 5.06. The summed E-state index contributed by atoms with van der Waals surface area (Å²) in [6.45, 7) is 1.75. The molecule has 0 aromatic heterocycles. The predicted molar refractivity (Wildman–Crippen MR) is 101 cm³/mol. The monoisotopic (exact) mass is 363 g/mol. The SMILES string of the molecule is COCCN(Cc1ccccc1)C(=O)CCSc1ccccc1Cl. The number of carbonyl (C=O) groups is 1. The number of hydrogen-bond donors (Lipinski definition) is 0. The maximum Gasteiger partial charge on any atom is 0.223 e. The van der Waals surface area contributed by atoms with E-state index < -0.39 is 0 Å². The Morgan fingerprint density at radius 3 is 2.54 bits per heavy atom. The van der Waals surface area contributed by atoms with E-state index in [1.807, 2.05) is 59.5 Å². The summed E-state index contributed by atoms with van der Waals surface area (Å²) >= 11 is 7.76. The molecule has 0 radical (unpaired) electrons. The molecule has 0 fully saturated rings. The Morgan fingerprint density at radius 2 is 1.83 bits per heavy atom. The summed E-state index contributed by atoms with van der Waals surface area (Å²) in [4.78, 5) is 15.4. The minimum Gasteiger partial charge on any atom is -0.383 e. The lowest BCUT2D eigenvalue weighted by Gasteiger charge is -2.22. The first-order chi connectivity index (χ1) is 11.7. The van der Waals surface area contributed by atoms with Crippen molar-refractivity contribution >= 4 is 29.3 Å². The number of thioether (sulfide) groups is 1. The van der Waals surface area contributed by atoms with Gasteiger partial charge in [-0.3, -0.25) is 4.79 Å². The molecule has 0 spiro atoms. The van der Waals surface area contributed by atoms with Gasteiger partial charge < -0.3 is 9.64 Å². The number of hydrogen-bond acceptors (Lipinski definition) is 3. The van der Waals surface area contributed by atoms with Crippen LogP contribution in [-0.2, 0) is 16.1 Å². The quantitative estimate of drug-likeness (QED) is 0.614. The van der Waals surface area contributed by atoms with Crippen LogP contribution in [-0.4, -0.2) is 36.8 Å². The van der Waals surface area contributed by atoms with Gasteiger partial charge in [-0.1, -0.05) is 54.1 Å². The Kier molecular flexibility index (Phi) is 8.16. The third kappa shape index (κ3) is 6.19. The van der Waals surface area contributed by atoms with Gasteiger partial charge in [0.2, 0.25) is 5.91 Å². The molecule has 2 rings (SSSR count). The van der Waals surface area contributed by atoms with Crippen LogP contribution in [0, 0.1) is 0 Å². The van der Waals surface area contributed by atoms with Crippen LogP contribution in [0.1, 0.15) is 12.0 Å². The largest absolute Gasteiger partial charge is 0.383 e. The highest BCUT2D eigenvalue weighted by Crippen LogP contribution is 2.27. The van der Waals surface area contributed by atoms with Crippen molar-refractivity contribution in [1.82, 2.24) is 4.90 Å². The van der Waals surface area contributed by atoms with E-state index in [1.54, 1.807) is 18.9 Å². The predicted octanol–water partition coefficient (Wildman–Crippen LogP) is 4.50. The van der Waals surface area contributed by atoms with Crippen LogP contribution in [0.2, 0.25) is 5.02 Å². The van der Waals surface area contributed by atoms with Gasteiger partial charge in [-0.05, 0) is 17.7 Å². The zero-order valence-electron chi connectivity index (χ0n) is 13.8. The van der Waals surface area contributed by atoms with Crippen molar-refractivity contribution in [2.24, 2.45) is 0 Å². The molecule has 5 heteroatoms. The third-order valence-electron chi connectivity index (χ3n) is 3.54. The average molecular weight is 364 g/mol. The zero-order chi connectivity index (χ0) is 17.2. The van der Waals surface area contributed by atoms with E-state index in [0.717, 1.165) is 15.5 Å². The van der Waals surface area contributed by atoms with Crippen molar-refractivity contribution in [3.8, 4) is 0 Å². The van der Waals surface area contributed by atoms with E-state index in [4.69, 9.17) is 16.3 Å². The van der Waals surface area contributed by atoms with E-state index in [-0.39, 0.29) is 5.91 Å². The zero-order valence-corrected chi connectivity index (χ0v) is 15.4. The molecule has 0 heterocycles. The molecule has 24 heavy (non-hydrogen) atoms. The molecule has 0 atom stereocenters. The lowest BCUT2D eigenvalue weighted by Crippen LogP contribution is -2.33. The highest BCUT2D eigenvalue weighted by atomic mass is 35.5. The van der Waals surface area contributed by atoms with Crippen LogP contribution >= 0.6 is 23.4 Å². The second-order valence-electron chi connectivity index (χ2n) is 5.32. The smallest absolute Gasteiger partial charge is 0.223 e. The summed E-state index contributed by atoms with van der Waals surface area (Å²) in [5.74, 6) is 0.844. The molecule has 0 saturated heterocycles. The van der Waals surface area contributed by atoms with Gasteiger partial charge in [-0.25, -0.2) is 0 Å². The molecule has 2 aromatic carbocycles. The fourth-order valence-corrected chi connectivity index (χ4v) is 3.44. The van der Waals surface area contributed by atoms with Crippen molar-refractivity contribution in [1.29, 1.82) is 0 Å². The molecule has 128 valence electrons. The molecule has 1 amide bonds. The molecular formula is C19H22ClNO2S. The van der Waals surface area contributed by atoms with E-state index in [1.165, 1.54) is 0 Å². The van der Waals surface area contributed by atoms with Gasteiger partial charge in [0.05, 0.1) is 11.6 Å². The Morgan fingerprint density at radius 1 is 1.12 bits per heavy atom. The minimum absolute atomic E-state index is 0.135. The lowest BCUT2D eigenvalue weighted by atomic mass is 10.2. The highest BCUT2D eigenvalue weighted by molar-refractivity contribution is 7.99. The first-order valence-electron chi connectivity index (χ1n) is 7.88. The number of nitrogens with zero attached hydrogens (tertiary/aromatic N) is 1. The number of carbonyl (C=O) groups excluding carboxylic acids is 1. The second kappa shape index (κ2) is 10.4. The Bertz CT molecular complexity index is 636. The van der Waals surface area contributed by atoms with Gasteiger partial charge >= 0.3 is 0 Å². The fraction of sp³-hybridized carbons (Fsp3) is 0.316. The first-order valence-corrected chi connectivity index (χ1v) is 9.25. The van der Waals surface area contributed by atoms with E-state index in [9.17, 15) is 4.79 Å². The van der Waals surface area contributed by atoms with Crippen LogP contribution in [0.5, 0.6) is 0 Å². The summed E-state index contributed by atoms with van der Waals surface area (Å²) in [6, 6.07) is 17.7. The molecule has 0 unspecified atom stereocenters. The molecule has 0 bridgehead atoms. The fourth-order valence-electron chi connectivity index (χ4n) is 2.27. The van der Waals surface area contributed by atoms with Crippen molar-refractivity contribution in [2.75, 3.05) is 26.0 Å². The van der Waals surface area contributed by atoms with Crippen molar-refractivity contribution in [2.45, 2.75) is 17.9 Å². The van der Waals surface area contributed by atoms with Crippen LogP contribution in [0.3, 0.4) is 0 Å². The number of amides is 1. The molecule has 0 saturated carbocycles. The topological polar surface area (TPSA) is 29.5 Å². The Labute approximate surface area is 153 Å². The van der Waals surface area contributed by atoms with Gasteiger partial charge in [0.25, 0.3) is 0 Å². The normalized spacial score (nSPS) is 10.6. The maximum absolute atomic E-state index is 12.6. The summed E-state index contributed by atoms with van der Waals surface area (Å²) in [6.07, 6.45) is 0.479. The summed E-state index contributed by atoms with van der Waals surface area (Å²) in [7, 11) is 1.65. The van der Waals surface area contributed by atoms with Crippen molar-refractivity contribution < 1.29 is 9.53 Å². The number of methoxy groups -OCH3 is 1. The van der Waals surface area contributed by atoms with Crippen molar-refractivity contribution in [3.05, 3.63) is 65.2 Å². The second-order valence-corrected chi connectivity index (χ2v) is 6.87. The van der Waals surface area contributed by atoms with Crippen LogP contribution < -0.4 is 0 Å². The van der Waals surface area contributed by atoms with Crippen LogP contribution in [0.15, 0.2) is 59.5 Å². The summed E-state index contributed by atoms with van der Waals surface area (Å²) < 4.78 is 5.13. The van der Waals surface area contributed by atoms with Crippen molar-refractivity contribution in [3.63, 3.8) is 0 Å². The van der Waals surface area contributed by atoms with Gasteiger partial charge in [-0.2, -0.15) is 0 Å². The highest BCUT2D eigenvalue weighted by Gasteiger charge is 2.14. The standard InChI is InChI=1S/C19H22ClNO2S/c1-23-13-12-21(15-16-7-3-2-4-8-16)19(22)11-14-24-18-10-6-5-9-17(18)20/h2-10H,11-15H2,1H3. The van der Waals surface area contributed by atoms with Gasteiger partial charge in [0, 0.05) is 37.3 Å². The molecule has 0 N–H and O–H groups in total. The lowest BCUT2D eigenvalue weighted by molar-refractivity contribution is -0.132. The van der Waals surface area contributed by atoms with Gasteiger partial charge in [0.15, 0.2) is 0 Å². The number of benzene rings is 2. The van der Waals surface area contributed by atoms with E-state index in [0.29, 0.717) is 31.9 Å². The minimum atomic E-state index is 0.135. The van der Waals surface area contributed by atoms with E-state index >= 15 is 0 Å². The van der Waals surface area contributed by atoms with Gasteiger partial charge in [0.1, 0.15) is 0 Å². The first kappa shape index (κ1) is 18.8. The maximum atomic E-state index is 12.6. The molecule has 2 aromatic rings. The Balaban J connectivity index is 1.88.